The molecule has 3 rings (SSSR count). The Hall–Kier alpha value is -3.34. The Kier molecular flexibility index (Phi) is 6.63. The van der Waals surface area contributed by atoms with Crippen molar-refractivity contribution in [3.63, 3.8) is 0 Å². The molecule has 0 atom stereocenters. The highest BCUT2D eigenvalue weighted by atomic mass is 16.5. The lowest BCUT2D eigenvalue weighted by Crippen LogP contribution is -2.14. The van der Waals surface area contributed by atoms with Crippen molar-refractivity contribution in [3.8, 4) is 5.75 Å². The summed E-state index contributed by atoms with van der Waals surface area (Å²) in [5.41, 5.74) is 2.38. The van der Waals surface area contributed by atoms with Gasteiger partial charge < -0.3 is 15.4 Å². The van der Waals surface area contributed by atoms with Crippen molar-refractivity contribution in [1.29, 1.82) is 0 Å². The van der Waals surface area contributed by atoms with E-state index in [-0.39, 0.29) is 5.91 Å². The molecule has 0 aliphatic heterocycles. The van der Waals surface area contributed by atoms with Gasteiger partial charge in [0.05, 0.1) is 0 Å². The predicted molar refractivity (Wildman–Crippen MR) is 113 cm³/mol. The van der Waals surface area contributed by atoms with Gasteiger partial charge in [0.25, 0.3) is 5.91 Å². The average molecular weight is 375 g/mol. The van der Waals surface area contributed by atoms with Crippen LogP contribution in [0.1, 0.15) is 29.8 Å². The lowest BCUT2D eigenvalue weighted by atomic mass is 10.2. The van der Waals surface area contributed by atoms with Crippen LogP contribution in [-0.4, -0.2) is 17.4 Å². The molecular weight excluding hydrogens is 350 g/mol. The normalized spacial score (nSPS) is 10.5. The van der Waals surface area contributed by atoms with Gasteiger partial charge in [-0.25, -0.2) is 4.98 Å². The molecule has 5 nitrogen and oxygen atoms in total. The standard InChI is InChI=1S/C23H25N3O2/c1-17(2)15-25-22-14-19(12-13-24-22)23(27)26-20-8-10-21(11-9-20)28-16-18-6-4-3-5-7-18/h3-14,17H,15-16H2,1-2H3,(H,24,25)(H,26,27). The van der Waals surface area contributed by atoms with Crippen molar-refractivity contribution >= 4 is 17.4 Å². The molecule has 5 heteroatoms. The summed E-state index contributed by atoms with van der Waals surface area (Å²) in [6.45, 7) is 5.56. The van der Waals surface area contributed by atoms with Crippen LogP contribution in [0.5, 0.6) is 5.75 Å². The van der Waals surface area contributed by atoms with Crippen molar-refractivity contribution in [1.82, 2.24) is 4.98 Å². The molecule has 144 valence electrons. The van der Waals surface area contributed by atoms with Crippen LogP contribution in [0.3, 0.4) is 0 Å². The fraction of sp³-hybridized carbons (Fsp3) is 0.217. The Morgan fingerprint density at radius 1 is 1.04 bits per heavy atom. The second kappa shape index (κ2) is 9.55. The van der Waals surface area contributed by atoms with Crippen LogP contribution < -0.4 is 15.4 Å². The van der Waals surface area contributed by atoms with Gasteiger partial charge in [0.1, 0.15) is 18.2 Å². The summed E-state index contributed by atoms with van der Waals surface area (Å²) in [6.07, 6.45) is 1.64. The van der Waals surface area contributed by atoms with Crippen molar-refractivity contribution in [2.75, 3.05) is 17.2 Å². The number of ether oxygens (including phenoxy) is 1. The SMILES string of the molecule is CC(C)CNc1cc(C(=O)Nc2ccc(OCc3ccccc3)cc2)ccn1. The minimum atomic E-state index is -0.173. The summed E-state index contributed by atoms with van der Waals surface area (Å²) in [7, 11) is 0. The fourth-order valence-corrected chi connectivity index (χ4v) is 2.56. The third-order valence-electron chi connectivity index (χ3n) is 4.07. The van der Waals surface area contributed by atoms with Gasteiger partial charge in [-0.3, -0.25) is 4.79 Å². The monoisotopic (exact) mass is 375 g/mol. The molecule has 28 heavy (non-hydrogen) atoms. The number of rotatable bonds is 8. The number of carbonyl (C=O) groups excluding carboxylic acids is 1. The Bertz CT molecular complexity index is 893. The minimum Gasteiger partial charge on any atom is -0.489 e. The number of amides is 1. The fourth-order valence-electron chi connectivity index (χ4n) is 2.56. The van der Waals surface area contributed by atoms with E-state index in [1.165, 1.54) is 0 Å². The van der Waals surface area contributed by atoms with E-state index in [1.54, 1.807) is 18.3 Å². The first-order chi connectivity index (χ1) is 13.6. The van der Waals surface area contributed by atoms with Gasteiger partial charge in [-0.2, -0.15) is 0 Å². The third kappa shape index (κ3) is 5.84. The first-order valence-electron chi connectivity index (χ1n) is 9.38. The van der Waals surface area contributed by atoms with Gasteiger partial charge in [0.15, 0.2) is 0 Å². The molecule has 0 saturated carbocycles. The zero-order valence-corrected chi connectivity index (χ0v) is 16.2. The predicted octanol–water partition coefficient (Wildman–Crippen LogP) is 4.98. The molecule has 0 aliphatic carbocycles. The zero-order chi connectivity index (χ0) is 19.8. The quantitative estimate of drug-likeness (QED) is 0.583. The van der Waals surface area contributed by atoms with Crippen LogP contribution in [0.4, 0.5) is 11.5 Å². The number of anilines is 2. The Morgan fingerprint density at radius 2 is 1.79 bits per heavy atom. The maximum absolute atomic E-state index is 12.5. The number of pyridine rings is 1. The molecular formula is C23H25N3O2. The Morgan fingerprint density at radius 3 is 2.50 bits per heavy atom. The van der Waals surface area contributed by atoms with E-state index in [0.717, 1.165) is 17.9 Å². The summed E-state index contributed by atoms with van der Waals surface area (Å²) in [5.74, 6) is 1.78. The van der Waals surface area contributed by atoms with Gasteiger partial charge >= 0.3 is 0 Å². The maximum atomic E-state index is 12.5. The highest BCUT2D eigenvalue weighted by Gasteiger charge is 2.08. The van der Waals surface area contributed by atoms with Gasteiger partial charge in [0, 0.05) is 24.0 Å². The van der Waals surface area contributed by atoms with Crippen molar-refractivity contribution in [3.05, 3.63) is 84.1 Å². The molecule has 0 saturated heterocycles. The van der Waals surface area contributed by atoms with Gasteiger partial charge in [-0.1, -0.05) is 44.2 Å². The molecule has 1 amide bonds. The number of hydrogen-bond donors (Lipinski definition) is 2. The molecule has 1 heterocycles. The van der Waals surface area contributed by atoms with Crippen molar-refractivity contribution in [2.45, 2.75) is 20.5 Å². The molecule has 0 spiro atoms. The Balaban J connectivity index is 1.56. The zero-order valence-electron chi connectivity index (χ0n) is 16.2. The first-order valence-corrected chi connectivity index (χ1v) is 9.38. The molecule has 0 unspecified atom stereocenters. The molecule has 1 aromatic heterocycles. The van der Waals surface area contributed by atoms with Crippen LogP contribution in [0.25, 0.3) is 0 Å². The number of carbonyl (C=O) groups is 1. The molecule has 3 aromatic rings. The van der Waals surface area contributed by atoms with Crippen LogP contribution in [0.15, 0.2) is 72.9 Å². The molecule has 2 aromatic carbocycles. The molecule has 0 fully saturated rings. The number of nitrogens with zero attached hydrogens (tertiary/aromatic N) is 1. The van der Waals surface area contributed by atoms with E-state index in [0.29, 0.717) is 29.6 Å². The topological polar surface area (TPSA) is 63.2 Å². The van der Waals surface area contributed by atoms with Crippen LogP contribution in [0, 0.1) is 5.92 Å². The average Bonchev–Trinajstić information content (AvgIpc) is 2.73. The van der Waals surface area contributed by atoms with Crippen molar-refractivity contribution < 1.29 is 9.53 Å². The van der Waals surface area contributed by atoms with E-state index in [2.05, 4.69) is 29.5 Å². The maximum Gasteiger partial charge on any atom is 0.255 e. The number of benzene rings is 2. The van der Waals surface area contributed by atoms with E-state index in [1.807, 2.05) is 54.6 Å². The largest absolute Gasteiger partial charge is 0.489 e. The summed E-state index contributed by atoms with van der Waals surface area (Å²) in [6, 6.07) is 20.8. The van der Waals surface area contributed by atoms with E-state index in [9.17, 15) is 4.79 Å². The summed E-state index contributed by atoms with van der Waals surface area (Å²) >= 11 is 0. The summed E-state index contributed by atoms with van der Waals surface area (Å²) < 4.78 is 5.77. The molecule has 0 radical (unpaired) electrons. The minimum absolute atomic E-state index is 0.173. The van der Waals surface area contributed by atoms with Crippen molar-refractivity contribution in [2.24, 2.45) is 5.92 Å². The van der Waals surface area contributed by atoms with Gasteiger partial charge in [0.2, 0.25) is 0 Å². The van der Waals surface area contributed by atoms with Gasteiger partial charge in [-0.05, 0) is 47.9 Å². The van der Waals surface area contributed by atoms with Crippen LogP contribution in [-0.2, 0) is 6.61 Å². The van der Waals surface area contributed by atoms with Crippen LogP contribution in [0.2, 0.25) is 0 Å². The number of nitrogens with one attached hydrogen (secondary N) is 2. The Labute approximate surface area is 165 Å². The summed E-state index contributed by atoms with van der Waals surface area (Å²) in [5, 5.41) is 6.13. The van der Waals surface area contributed by atoms with Gasteiger partial charge in [-0.15, -0.1) is 0 Å². The van der Waals surface area contributed by atoms with E-state index < -0.39 is 0 Å². The summed E-state index contributed by atoms with van der Waals surface area (Å²) in [4.78, 5) is 16.8. The lowest BCUT2D eigenvalue weighted by Gasteiger charge is -2.10. The smallest absolute Gasteiger partial charge is 0.255 e. The van der Waals surface area contributed by atoms with Crippen LogP contribution >= 0.6 is 0 Å². The highest BCUT2D eigenvalue weighted by molar-refractivity contribution is 6.04. The van der Waals surface area contributed by atoms with E-state index in [4.69, 9.17) is 4.74 Å². The molecule has 0 bridgehead atoms. The highest BCUT2D eigenvalue weighted by Crippen LogP contribution is 2.18. The number of hydrogen-bond acceptors (Lipinski definition) is 4. The second-order valence-corrected chi connectivity index (χ2v) is 6.96. The number of aromatic nitrogens is 1. The third-order valence-corrected chi connectivity index (χ3v) is 4.07. The molecule has 2 N–H and O–H groups in total. The second-order valence-electron chi connectivity index (χ2n) is 6.96. The lowest BCUT2D eigenvalue weighted by molar-refractivity contribution is 0.102. The molecule has 0 aliphatic rings. The first kappa shape index (κ1) is 19.4. The van der Waals surface area contributed by atoms with E-state index >= 15 is 0 Å².